The van der Waals surface area contributed by atoms with Crippen molar-refractivity contribution in [2.45, 2.75) is 12.8 Å². The van der Waals surface area contributed by atoms with Gasteiger partial charge in [-0.25, -0.2) is 9.59 Å². The van der Waals surface area contributed by atoms with Crippen molar-refractivity contribution in [2.24, 2.45) is 5.73 Å². The molecule has 0 aliphatic carbocycles. The third kappa shape index (κ3) is 3.17. The molecule has 2 heterocycles. The minimum atomic E-state index is -1.05. The maximum Gasteiger partial charge on any atom is 0.340 e. The zero-order chi connectivity index (χ0) is 19.7. The number of benzene rings is 1. The fourth-order valence-electron chi connectivity index (χ4n) is 2.82. The summed E-state index contributed by atoms with van der Waals surface area (Å²) in [6.07, 6.45) is 0. The number of nitrogens with one attached hydrogen (secondary N) is 2. The highest BCUT2D eigenvalue weighted by Gasteiger charge is 2.38. The Morgan fingerprint density at radius 1 is 1.30 bits per heavy atom. The van der Waals surface area contributed by atoms with Crippen LogP contribution in [-0.2, 0) is 9.53 Å². The number of carbonyl (C=O) groups excluding carboxylic acids is 1. The van der Waals surface area contributed by atoms with Gasteiger partial charge in [0.05, 0.1) is 23.0 Å². The summed E-state index contributed by atoms with van der Waals surface area (Å²) in [5.74, 6) is -2.41. The lowest BCUT2D eigenvalue weighted by molar-refractivity contribution is -0.384. The van der Waals surface area contributed by atoms with Crippen LogP contribution >= 0.6 is 0 Å². The van der Waals surface area contributed by atoms with Crippen LogP contribution in [-0.4, -0.2) is 27.5 Å². The topological polar surface area (TPSA) is 170 Å². The highest BCUT2D eigenvalue weighted by molar-refractivity contribution is 5.92. The summed E-state index contributed by atoms with van der Waals surface area (Å²) in [6.45, 7) is 1.65. The predicted molar refractivity (Wildman–Crippen MR) is 91.1 cm³/mol. The average Bonchev–Trinajstić information content (AvgIpc) is 2.60. The van der Waals surface area contributed by atoms with Gasteiger partial charge >= 0.3 is 11.7 Å². The number of nitro benzene ring substituents is 1. The number of nitro groups is 1. The molecular formula is C16H14N4O7. The second kappa shape index (κ2) is 6.78. The van der Waals surface area contributed by atoms with Gasteiger partial charge in [-0.1, -0.05) is 12.1 Å². The second-order valence-corrected chi connectivity index (χ2v) is 5.53. The van der Waals surface area contributed by atoms with Crippen LogP contribution in [0.3, 0.4) is 0 Å². The maximum absolute atomic E-state index is 12.4. The zero-order valence-corrected chi connectivity index (χ0v) is 14.0. The van der Waals surface area contributed by atoms with Gasteiger partial charge in [-0.05, 0) is 12.5 Å². The first-order chi connectivity index (χ1) is 12.8. The molecule has 0 spiro atoms. The number of aromatic amines is 2. The van der Waals surface area contributed by atoms with Crippen molar-refractivity contribution in [3.05, 3.63) is 77.8 Å². The van der Waals surface area contributed by atoms with E-state index in [9.17, 15) is 24.5 Å². The molecule has 140 valence electrons. The highest BCUT2D eigenvalue weighted by Crippen LogP contribution is 2.39. The first-order valence-corrected chi connectivity index (χ1v) is 7.79. The Morgan fingerprint density at radius 3 is 2.56 bits per heavy atom. The molecule has 0 radical (unpaired) electrons. The molecule has 1 aromatic heterocycles. The molecule has 0 amide bonds. The molecular weight excluding hydrogens is 360 g/mol. The van der Waals surface area contributed by atoms with Crippen molar-refractivity contribution in [3.63, 3.8) is 0 Å². The van der Waals surface area contributed by atoms with Crippen molar-refractivity contribution < 1.29 is 19.2 Å². The number of H-pyrrole nitrogens is 2. The lowest BCUT2D eigenvalue weighted by atomic mass is 9.84. The number of nitrogens with zero attached hydrogens (tertiary/aromatic N) is 1. The molecule has 0 saturated heterocycles. The Labute approximate surface area is 150 Å². The maximum atomic E-state index is 12.4. The smallest absolute Gasteiger partial charge is 0.340 e. The molecule has 1 unspecified atom stereocenters. The molecule has 0 saturated carbocycles. The molecule has 3 rings (SSSR count). The van der Waals surface area contributed by atoms with Gasteiger partial charge in [-0.3, -0.25) is 24.9 Å². The largest absolute Gasteiger partial charge is 0.462 e. The van der Waals surface area contributed by atoms with E-state index in [4.69, 9.17) is 15.2 Å². The predicted octanol–water partition coefficient (Wildman–Crippen LogP) is 0.229. The normalized spacial score (nSPS) is 15.7. The van der Waals surface area contributed by atoms with Gasteiger partial charge in [0, 0.05) is 12.1 Å². The number of ether oxygens (including phenoxy) is 2. The molecule has 1 atom stereocenters. The van der Waals surface area contributed by atoms with Crippen molar-refractivity contribution >= 4 is 11.7 Å². The number of non-ortho nitro benzene ring substituents is 1. The number of rotatable bonds is 4. The van der Waals surface area contributed by atoms with Crippen molar-refractivity contribution in [2.75, 3.05) is 6.61 Å². The van der Waals surface area contributed by atoms with Crippen LogP contribution < -0.4 is 21.7 Å². The number of hydrogen-bond acceptors (Lipinski definition) is 8. The second-order valence-electron chi connectivity index (χ2n) is 5.53. The number of aromatic nitrogens is 2. The SMILES string of the molecule is CCOC(=O)C1=C(N)Oc2[nH]c(=O)[nH]c(=O)c2C1c1ccc([N+](=O)[O-])cc1. The Kier molecular flexibility index (Phi) is 4.50. The first kappa shape index (κ1) is 17.9. The van der Waals surface area contributed by atoms with Crippen LogP contribution in [0, 0.1) is 10.1 Å². The molecule has 0 bridgehead atoms. The van der Waals surface area contributed by atoms with Gasteiger partial charge in [-0.15, -0.1) is 0 Å². The Balaban J connectivity index is 2.25. The van der Waals surface area contributed by atoms with Gasteiger partial charge in [-0.2, -0.15) is 0 Å². The molecule has 4 N–H and O–H groups in total. The van der Waals surface area contributed by atoms with E-state index >= 15 is 0 Å². The number of fused-ring (bicyclic) bond motifs is 1. The summed E-state index contributed by atoms with van der Waals surface area (Å²) < 4.78 is 10.3. The Morgan fingerprint density at radius 2 is 1.96 bits per heavy atom. The quantitative estimate of drug-likeness (QED) is 0.388. The van der Waals surface area contributed by atoms with Crippen molar-refractivity contribution in [3.8, 4) is 5.88 Å². The van der Waals surface area contributed by atoms with Crippen LogP contribution in [0.1, 0.15) is 24.0 Å². The number of esters is 1. The van der Waals surface area contributed by atoms with Crippen LogP contribution in [0.25, 0.3) is 0 Å². The third-order valence-electron chi connectivity index (χ3n) is 3.93. The van der Waals surface area contributed by atoms with Gasteiger partial charge in [0.1, 0.15) is 5.57 Å². The van der Waals surface area contributed by atoms with Crippen LogP contribution in [0.4, 0.5) is 5.69 Å². The summed E-state index contributed by atoms with van der Waals surface area (Å²) in [5.41, 5.74) is 4.22. The van der Waals surface area contributed by atoms with Crippen LogP contribution in [0.5, 0.6) is 5.88 Å². The van der Waals surface area contributed by atoms with Crippen LogP contribution in [0.2, 0.25) is 0 Å². The summed E-state index contributed by atoms with van der Waals surface area (Å²) in [7, 11) is 0. The minimum absolute atomic E-state index is 0.0530. The van der Waals surface area contributed by atoms with E-state index in [1.165, 1.54) is 24.3 Å². The first-order valence-electron chi connectivity index (χ1n) is 7.79. The van der Waals surface area contributed by atoms with E-state index in [0.29, 0.717) is 5.56 Å². The number of nitrogens with two attached hydrogens (primary N) is 1. The molecule has 1 aromatic carbocycles. The summed E-state index contributed by atoms with van der Waals surface area (Å²) in [5, 5.41) is 10.9. The van der Waals surface area contributed by atoms with Gasteiger partial charge in [0.2, 0.25) is 11.8 Å². The Bertz CT molecular complexity index is 1070. The van der Waals surface area contributed by atoms with Gasteiger partial charge in [0.25, 0.3) is 11.2 Å². The van der Waals surface area contributed by atoms with Gasteiger partial charge < -0.3 is 15.2 Å². The summed E-state index contributed by atoms with van der Waals surface area (Å²) in [6, 6.07) is 5.22. The molecule has 1 aliphatic heterocycles. The number of carbonyl (C=O) groups is 1. The molecule has 27 heavy (non-hydrogen) atoms. The van der Waals surface area contributed by atoms with Gasteiger partial charge in [0.15, 0.2) is 0 Å². The molecule has 0 fully saturated rings. The average molecular weight is 374 g/mol. The highest BCUT2D eigenvalue weighted by atomic mass is 16.6. The van der Waals surface area contributed by atoms with E-state index in [2.05, 4.69) is 9.97 Å². The van der Waals surface area contributed by atoms with E-state index in [1.54, 1.807) is 6.92 Å². The third-order valence-corrected chi connectivity index (χ3v) is 3.93. The summed E-state index contributed by atoms with van der Waals surface area (Å²) in [4.78, 5) is 51.0. The molecule has 1 aliphatic rings. The lowest BCUT2D eigenvalue weighted by Gasteiger charge is -2.26. The van der Waals surface area contributed by atoms with E-state index in [1.807, 2.05) is 0 Å². The fraction of sp³-hybridized carbons (Fsp3) is 0.188. The van der Waals surface area contributed by atoms with Crippen LogP contribution in [0.15, 0.2) is 45.3 Å². The molecule has 11 nitrogen and oxygen atoms in total. The molecule has 2 aromatic rings. The lowest BCUT2D eigenvalue weighted by Crippen LogP contribution is -2.35. The standard InChI is InChI=1S/C16H14N4O7/c1-2-26-15(22)10-9(7-3-5-8(6-4-7)20(24)25)11-13(21)18-16(23)19-14(11)27-12(10)17/h3-6,9H,2,17H2,1H3,(H2,18,19,21,23). The fourth-order valence-corrected chi connectivity index (χ4v) is 2.82. The van der Waals surface area contributed by atoms with Crippen molar-refractivity contribution in [1.82, 2.24) is 9.97 Å². The number of hydrogen-bond donors (Lipinski definition) is 3. The minimum Gasteiger partial charge on any atom is -0.462 e. The van der Waals surface area contributed by atoms with E-state index in [-0.39, 0.29) is 35.2 Å². The summed E-state index contributed by atoms with van der Waals surface area (Å²) >= 11 is 0. The Hall–Kier alpha value is -3.89. The van der Waals surface area contributed by atoms with Crippen molar-refractivity contribution in [1.29, 1.82) is 0 Å². The monoisotopic (exact) mass is 374 g/mol. The van der Waals surface area contributed by atoms with E-state index < -0.39 is 28.1 Å². The zero-order valence-electron chi connectivity index (χ0n) is 14.0. The van der Waals surface area contributed by atoms with E-state index in [0.717, 1.165) is 0 Å². The molecule has 11 heteroatoms.